The Balaban J connectivity index is 2.22. The van der Waals surface area contributed by atoms with Gasteiger partial charge in [0.1, 0.15) is 0 Å². The number of ether oxygens (including phenoxy) is 1. The first-order valence-corrected chi connectivity index (χ1v) is 7.61. The molecule has 0 saturated heterocycles. The SMILES string of the molecule is COC1(CNCCS(=O)(=O)C(C)C)CCC1. The normalized spacial score (nSPS) is 19.8. The van der Waals surface area contributed by atoms with E-state index in [0.29, 0.717) is 6.54 Å². The van der Waals surface area contributed by atoms with Crippen LogP contribution in [0.4, 0.5) is 0 Å². The van der Waals surface area contributed by atoms with Gasteiger partial charge < -0.3 is 10.1 Å². The molecule has 0 amide bonds. The molecule has 0 aliphatic heterocycles. The Kier molecular flexibility index (Phi) is 4.76. The van der Waals surface area contributed by atoms with Crippen molar-refractivity contribution >= 4 is 9.84 Å². The Hall–Kier alpha value is -0.130. The molecule has 0 spiro atoms. The van der Waals surface area contributed by atoms with Crippen LogP contribution in [0.2, 0.25) is 0 Å². The highest BCUT2D eigenvalue weighted by Crippen LogP contribution is 2.34. The van der Waals surface area contributed by atoms with Gasteiger partial charge in [0.15, 0.2) is 9.84 Å². The Bertz CT molecular complexity index is 302. The lowest BCUT2D eigenvalue weighted by Crippen LogP contribution is -2.48. The minimum atomic E-state index is -2.91. The molecule has 0 heterocycles. The van der Waals surface area contributed by atoms with Gasteiger partial charge in [-0.15, -0.1) is 0 Å². The highest BCUT2D eigenvalue weighted by Gasteiger charge is 2.36. The zero-order valence-corrected chi connectivity index (χ0v) is 11.3. The van der Waals surface area contributed by atoms with Crippen LogP contribution in [0.1, 0.15) is 33.1 Å². The van der Waals surface area contributed by atoms with Crippen molar-refractivity contribution in [3.8, 4) is 0 Å². The summed E-state index contributed by atoms with van der Waals surface area (Å²) in [7, 11) is -1.19. The van der Waals surface area contributed by atoms with Crippen LogP contribution in [0.3, 0.4) is 0 Å². The van der Waals surface area contributed by atoms with Gasteiger partial charge in [-0.05, 0) is 33.1 Å². The van der Waals surface area contributed by atoms with Gasteiger partial charge in [0.25, 0.3) is 0 Å². The van der Waals surface area contributed by atoms with Gasteiger partial charge in [-0.2, -0.15) is 0 Å². The topological polar surface area (TPSA) is 55.4 Å². The highest BCUT2D eigenvalue weighted by molar-refractivity contribution is 7.92. The monoisotopic (exact) mass is 249 g/mol. The molecule has 0 atom stereocenters. The van der Waals surface area contributed by atoms with Crippen molar-refractivity contribution < 1.29 is 13.2 Å². The molecule has 1 saturated carbocycles. The minimum Gasteiger partial charge on any atom is -0.377 e. The Morgan fingerprint density at radius 3 is 2.38 bits per heavy atom. The quantitative estimate of drug-likeness (QED) is 0.683. The summed E-state index contributed by atoms with van der Waals surface area (Å²) in [4.78, 5) is 0. The van der Waals surface area contributed by atoms with E-state index in [2.05, 4.69) is 5.32 Å². The Labute approximate surface area is 98.7 Å². The molecule has 0 aromatic carbocycles. The number of hydrogen-bond donors (Lipinski definition) is 1. The maximum atomic E-state index is 11.5. The van der Waals surface area contributed by atoms with Crippen LogP contribution in [-0.2, 0) is 14.6 Å². The first-order chi connectivity index (χ1) is 7.42. The fourth-order valence-corrected chi connectivity index (χ4v) is 2.69. The molecular formula is C11H23NO3S. The summed E-state index contributed by atoms with van der Waals surface area (Å²) < 4.78 is 28.5. The number of sulfone groups is 1. The molecule has 1 N–H and O–H groups in total. The maximum Gasteiger partial charge on any atom is 0.153 e. The fourth-order valence-electron chi connectivity index (χ4n) is 1.79. The molecule has 1 aliphatic rings. The molecule has 0 bridgehead atoms. The summed E-state index contributed by atoms with van der Waals surface area (Å²) in [5, 5.41) is 2.90. The first-order valence-electron chi connectivity index (χ1n) is 5.89. The number of nitrogens with one attached hydrogen (secondary N) is 1. The van der Waals surface area contributed by atoms with E-state index >= 15 is 0 Å². The van der Waals surface area contributed by atoms with E-state index in [-0.39, 0.29) is 16.6 Å². The van der Waals surface area contributed by atoms with Crippen LogP contribution in [0.25, 0.3) is 0 Å². The lowest BCUT2D eigenvalue weighted by atomic mass is 9.80. The standard InChI is InChI=1S/C11H23NO3S/c1-10(2)16(13,14)8-7-12-9-11(15-3)5-4-6-11/h10,12H,4-9H2,1-3H3. The van der Waals surface area contributed by atoms with E-state index in [4.69, 9.17) is 4.74 Å². The van der Waals surface area contributed by atoms with Crippen LogP contribution in [0.5, 0.6) is 0 Å². The lowest BCUT2D eigenvalue weighted by Gasteiger charge is -2.40. The molecule has 1 fully saturated rings. The van der Waals surface area contributed by atoms with Crippen LogP contribution >= 0.6 is 0 Å². The third-order valence-corrected chi connectivity index (χ3v) is 5.64. The van der Waals surface area contributed by atoms with Crippen molar-refractivity contribution in [2.75, 3.05) is 26.0 Å². The Morgan fingerprint density at radius 1 is 1.38 bits per heavy atom. The molecule has 1 aliphatic carbocycles. The van der Waals surface area contributed by atoms with Gasteiger partial charge in [-0.25, -0.2) is 8.42 Å². The summed E-state index contributed by atoms with van der Waals surface area (Å²) in [5.74, 6) is 0.213. The highest BCUT2D eigenvalue weighted by atomic mass is 32.2. The van der Waals surface area contributed by atoms with Crippen molar-refractivity contribution in [2.24, 2.45) is 0 Å². The van der Waals surface area contributed by atoms with Gasteiger partial charge in [-0.3, -0.25) is 0 Å². The first kappa shape index (κ1) is 13.9. The summed E-state index contributed by atoms with van der Waals surface area (Å²) in [6.45, 7) is 4.72. The fraction of sp³-hybridized carbons (Fsp3) is 1.00. The predicted octanol–water partition coefficient (Wildman–Crippen LogP) is 0.968. The number of hydrogen-bond acceptors (Lipinski definition) is 4. The average molecular weight is 249 g/mol. The lowest BCUT2D eigenvalue weighted by molar-refractivity contribution is -0.0689. The molecule has 16 heavy (non-hydrogen) atoms. The van der Waals surface area contributed by atoms with E-state index in [9.17, 15) is 8.42 Å². The molecule has 1 rings (SSSR count). The van der Waals surface area contributed by atoms with Crippen LogP contribution in [0.15, 0.2) is 0 Å². The molecule has 4 nitrogen and oxygen atoms in total. The Morgan fingerprint density at radius 2 is 2.00 bits per heavy atom. The van der Waals surface area contributed by atoms with Gasteiger partial charge >= 0.3 is 0 Å². The summed E-state index contributed by atoms with van der Waals surface area (Å²) >= 11 is 0. The average Bonchev–Trinajstić information content (AvgIpc) is 2.15. The number of methoxy groups -OCH3 is 1. The van der Waals surface area contributed by atoms with Crippen molar-refractivity contribution in [1.29, 1.82) is 0 Å². The maximum absolute atomic E-state index is 11.5. The van der Waals surface area contributed by atoms with Gasteiger partial charge in [-0.1, -0.05) is 0 Å². The summed E-state index contributed by atoms with van der Waals surface area (Å²) in [5.41, 5.74) is -0.0262. The van der Waals surface area contributed by atoms with Crippen LogP contribution in [-0.4, -0.2) is 45.2 Å². The molecule has 0 radical (unpaired) electrons. The molecule has 96 valence electrons. The zero-order valence-electron chi connectivity index (χ0n) is 10.5. The van der Waals surface area contributed by atoms with Gasteiger partial charge in [0.2, 0.25) is 0 Å². The zero-order chi connectivity index (χ0) is 12.2. The molecule has 0 aromatic rings. The smallest absolute Gasteiger partial charge is 0.153 e. The second-order valence-corrected chi connectivity index (χ2v) is 7.51. The molecular weight excluding hydrogens is 226 g/mol. The van der Waals surface area contributed by atoms with E-state index in [1.54, 1.807) is 21.0 Å². The van der Waals surface area contributed by atoms with Crippen molar-refractivity contribution in [3.05, 3.63) is 0 Å². The van der Waals surface area contributed by atoms with Gasteiger partial charge in [0.05, 0.1) is 16.6 Å². The third-order valence-electron chi connectivity index (χ3n) is 3.43. The van der Waals surface area contributed by atoms with Crippen LogP contribution < -0.4 is 5.32 Å². The van der Waals surface area contributed by atoms with Crippen molar-refractivity contribution in [3.63, 3.8) is 0 Å². The van der Waals surface area contributed by atoms with Crippen molar-refractivity contribution in [1.82, 2.24) is 5.32 Å². The van der Waals surface area contributed by atoms with E-state index in [1.807, 2.05) is 0 Å². The molecule has 5 heteroatoms. The second-order valence-electron chi connectivity index (χ2n) is 4.83. The second kappa shape index (κ2) is 5.47. The minimum absolute atomic E-state index is 0.0262. The van der Waals surface area contributed by atoms with E-state index in [1.165, 1.54) is 6.42 Å². The predicted molar refractivity (Wildman–Crippen MR) is 65.4 cm³/mol. The van der Waals surface area contributed by atoms with Crippen LogP contribution in [0, 0.1) is 0 Å². The van der Waals surface area contributed by atoms with E-state index in [0.717, 1.165) is 19.4 Å². The van der Waals surface area contributed by atoms with E-state index < -0.39 is 9.84 Å². The summed E-state index contributed by atoms with van der Waals surface area (Å²) in [6.07, 6.45) is 3.36. The van der Waals surface area contributed by atoms with Gasteiger partial charge in [0, 0.05) is 20.2 Å². The van der Waals surface area contributed by atoms with Crippen molar-refractivity contribution in [2.45, 2.75) is 44.0 Å². The summed E-state index contributed by atoms with van der Waals surface area (Å²) in [6, 6.07) is 0. The third kappa shape index (κ3) is 3.43. The molecule has 0 aromatic heterocycles. The molecule has 0 unspecified atom stereocenters. The largest absolute Gasteiger partial charge is 0.377 e. The number of rotatable bonds is 7.